The smallest absolute Gasteiger partial charge is 0.0734 e. The molecule has 0 bridgehead atoms. The predicted octanol–water partition coefficient (Wildman–Crippen LogP) is 8.02. The molecule has 0 heterocycles. The van der Waals surface area contributed by atoms with E-state index in [-0.39, 0.29) is 10.8 Å². The minimum Gasteiger partial charge on any atom is -0.0826 e. The Hall–Kier alpha value is -0.500. The van der Waals surface area contributed by atoms with Crippen LogP contribution in [0.25, 0.3) is 11.1 Å². The summed E-state index contributed by atoms with van der Waals surface area (Å²) < 4.78 is 0.820. The molecular weight excluding hydrogens is 391 g/mol. The van der Waals surface area contributed by atoms with Crippen LogP contribution in [0.15, 0.2) is 34.8 Å². The van der Waals surface area contributed by atoms with E-state index in [1.165, 1.54) is 16.7 Å². The molecule has 0 aliphatic carbocycles. The molecule has 0 atom stereocenters. The number of benzene rings is 2. The Labute approximate surface area is 158 Å². The molecule has 0 unspecified atom stereocenters. The molecule has 0 saturated heterocycles. The van der Waals surface area contributed by atoms with Crippen LogP contribution in [0.2, 0.25) is 10.0 Å². The lowest BCUT2D eigenvalue weighted by atomic mass is 9.79. The highest BCUT2D eigenvalue weighted by molar-refractivity contribution is 9.10. The van der Waals surface area contributed by atoms with Gasteiger partial charge in [-0.2, -0.15) is 0 Å². The Balaban J connectivity index is 2.72. The molecule has 0 fully saturated rings. The maximum atomic E-state index is 6.27. The van der Waals surface area contributed by atoms with Crippen molar-refractivity contribution < 1.29 is 0 Å². The molecule has 23 heavy (non-hydrogen) atoms. The number of halogens is 3. The van der Waals surface area contributed by atoms with E-state index in [1.54, 1.807) is 0 Å². The molecule has 0 N–H and O–H groups in total. The molecule has 2 rings (SSSR count). The van der Waals surface area contributed by atoms with Crippen molar-refractivity contribution in [2.75, 3.05) is 0 Å². The zero-order valence-electron chi connectivity index (χ0n) is 14.5. The van der Waals surface area contributed by atoms with Crippen molar-refractivity contribution in [3.63, 3.8) is 0 Å². The zero-order valence-corrected chi connectivity index (χ0v) is 17.6. The van der Waals surface area contributed by atoms with Crippen LogP contribution in [0.1, 0.15) is 52.7 Å². The summed E-state index contributed by atoms with van der Waals surface area (Å²) >= 11 is 15.9. The van der Waals surface area contributed by atoms with E-state index < -0.39 is 0 Å². The van der Waals surface area contributed by atoms with E-state index in [2.05, 4.69) is 75.7 Å². The Kier molecular flexibility index (Phi) is 5.26. The number of hydrogen-bond donors (Lipinski definition) is 0. The molecule has 2 aromatic carbocycles. The molecule has 0 aliphatic rings. The van der Waals surface area contributed by atoms with Gasteiger partial charge in [0.2, 0.25) is 0 Å². The van der Waals surface area contributed by atoms with Crippen molar-refractivity contribution >= 4 is 39.1 Å². The summed E-state index contributed by atoms with van der Waals surface area (Å²) in [6.45, 7) is 13.4. The van der Waals surface area contributed by atoms with Gasteiger partial charge < -0.3 is 0 Å². The predicted molar refractivity (Wildman–Crippen MR) is 107 cm³/mol. The fourth-order valence-corrected chi connectivity index (χ4v) is 3.29. The third kappa shape index (κ3) is 4.32. The van der Waals surface area contributed by atoms with Crippen molar-refractivity contribution in [3.05, 3.63) is 56.0 Å². The molecule has 0 aromatic heterocycles. The van der Waals surface area contributed by atoms with Crippen molar-refractivity contribution in [2.45, 2.75) is 52.4 Å². The van der Waals surface area contributed by atoms with Gasteiger partial charge in [-0.15, -0.1) is 0 Å². The van der Waals surface area contributed by atoms with Gasteiger partial charge in [0, 0.05) is 4.47 Å². The van der Waals surface area contributed by atoms with Crippen LogP contribution in [0, 0.1) is 0 Å². The largest absolute Gasteiger partial charge is 0.0826 e. The Morgan fingerprint density at radius 3 is 1.52 bits per heavy atom. The molecule has 2 aromatic rings. The second-order valence-electron chi connectivity index (χ2n) is 8.05. The molecule has 0 spiro atoms. The highest BCUT2D eigenvalue weighted by Crippen LogP contribution is 2.38. The number of rotatable bonds is 1. The standard InChI is InChI=1S/C20H23BrCl2/c1-19(2,3)14-7-12(8-15(11-14)20(4,5)6)13-9-16(21)18(23)17(22)10-13/h7-11H,1-6H3. The average molecular weight is 414 g/mol. The topological polar surface area (TPSA) is 0 Å². The monoisotopic (exact) mass is 412 g/mol. The van der Waals surface area contributed by atoms with Crippen LogP contribution >= 0.6 is 39.1 Å². The lowest BCUT2D eigenvalue weighted by molar-refractivity contribution is 0.569. The Morgan fingerprint density at radius 2 is 1.13 bits per heavy atom. The van der Waals surface area contributed by atoms with Crippen molar-refractivity contribution in [1.82, 2.24) is 0 Å². The number of hydrogen-bond acceptors (Lipinski definition) is 0. The molecule has 3 heteroatoms. The van der Waals surface area contributed by atoms with Crippen LogP contribution in [0.5, 0.6) is 0 Å². The van der Waals surface area contributed by atoms with E-state index >= 15 is 0 Å². The Morgan fingerprint density at radius 1 is 0.696 bits per heavy atom. The third-order valence-electron chi connectivity index (χ3n) is 3.98. The second-order valence-corrected chi connectivity index (χ2v) is 9.69. The van der Waals surface area contributed by atoms with Gasteiger partial charge in [0.1, 0.15) is 0 Å². The van der Waals surface area contributed by atoms with Crippen molar-refractivity contribution in [1.29, 1.82) is 0 Å². The van der Waals surface area contributed by atoms with Crippen LogP contribution in [-0.4, -0.2) is 0 Å². The van der Waals surface area contributed by atoms with Gasteiger partial charge in [-0.3, -0.25) is 0 Å². The van der Waals surface area contributed by atoms with Gasteiger partial charge >= 0.3 is 0 Å². The quantitative estimate of drug-likeness (QED) is 0.415. The first-order valence-corrected chi connectivity index (χ1v) is 9.25. The van der Waals surface area contributed by atoms with Gasteiger partial charge in [0.05, 0.1) is 10.0 Å². The van der Waals surface area contributed by atoms with Crippen LogP contribution in [0.4, 0.5) is 0 Å². The third-order valence-corrected chi connectivity index (χ3v) is 5.64. The van der Waals surface area contributed by atoms with E-state index in [0.717, 1.165) is 10.0 Å². The normalized spacial score (nSPS) is 12.6. The van der Waals surface area contributed by atoms with Crippen LogP contribution in [0.3, 0.4) is 0 Å². The summed E-state index contributed by atoms with van der Waals surface area (Å²) in [5.41, 5.74) is 5.06. The van der Waals surface area contributed by atoms with Gasteiger partial charge in [-0.25, -0.2) is 0 Å². The van der Waals surface area contributed by atoms with Gasteiger partial charge in [-0.1, -0.05) is 82.9 Å². The van der Waals surface area contributed by atoms with Crippen molar-refractivity contribution in [3.8, 4) is 11.1 Å². The van der Waals surface area contributed by atoms with Crippen LogP contribution < -0.4 is 0 Å². The Bertz CT molecular complexity index is 679. The van der Waals surface area contributed by atoms with Crippen LogP contribution in [-0.2, 0) is 10.8 Å². The fourth-order valence-electron chi connectivity index (χ4n) is 2.38. The maximum absolute atomic E-state index is 6.27. The summed E-state index contributed by atoms with van der Waals surface area (Å²) in [6.07, 6.45) is 0. The summed E-state index contributed by atoms with van der Waals surface area (Å²) in [5.74, 6) is 0. The molecule has 0 saturated carbocycles. The molecular formula is C20H23BrCl2. The zero-order chi connectivity index (χ0) is 17.6. The van der Waals surface area contributed by atoms with E-state index in [1.807, 2.05) is 12.1 Å². The first-order valence-electron chi connectivity index (χ1n) is 7.70. The van der Waals surface area contributed by atoms with E-state index in [4.69, 9.17) is 23.2 Å². The molecule has 0 nitrogen and oxygen atoms in total. The lowest BCUT2D eigenvalue weighted by Gasteiger charge is -2.26. The molecule has 0 radical (unpaired) electrons. The lowest BCUT2D eigenvalue weighted by Crippen LogP contribution is -2.16. The maximum Gasteiger partial charge on any atom is 0.0734 e. The first kappa shape index (κ1) is 18.8. The highest BCUT2D eigenvalue weighted by atomic mass is 79.9. The average Bonchev–Trinajstić information content (AvgIpc) is 2.41. The highest BCUT2D eigenvalue weighted by Gasteiger charge is 2.21. The SMILES string of the molecule is CC(C)(C)c1cc(-c2cc(Cl)c(Cl)c(Br)c2)cc(C(C)(C)C)c1. The molecule has 124 valence electrons. The fraction of sp³-hybridized carbons (Fsp3) is 0.400. The summed E-state index contributed by atoms with van der Waals surface area (Å²) in [5, 5.41) is 1.12. The van der Waals surface area contributed by atoms with Gasteiger partial charge in [0.25, 0.3) is 0 Å². The first-order chi connectivity index (χ1) is 10.4. The van der Waals surface area contributed by atoms with Gasteiger partial charge in [0.15, 0.2) is 0 Å². The van der Waals surface area contributed by atoms with E-state index in [9.17, 15) is 0 Å². The second kappa shape index (κ2) is 6.43. The molecule has 0 aliphatic heterocycles. The summed E-state index contributed by atoms with van der Waals surface area (Å²) in [7, 11) is 0. The van der Waals surface area contributed by atoms with Crippen molar-refractivity contribution in [2.24, 2.45) is 0 Å². The van der Waals surface area contributed by atoms with E-state index in [0.29, 0.717) is 10.0 Å². The van der Waals surface area contributed by atoms with Gasteiger partial charge in [-0.05, 0) is 61.1 Å². The summed E-state index contributed by atoms with van der Waals surface area (Å²) in [6, 6.07) is 10.8. The molecule has 0 amide bonds. The minimum atomic E-state index is 0.0868. The summed E-state index contributed by atoms with van der Waals surface area (Å²) in [4.78, 5) is 0. The minimum absolute atomic E-state index is 0.0868.